The predicted octanol–water partition coefficient (Wildman–Crippen LogP) is 14.6. The van der Waals surface area contributed by atoms with Crippen LogP contribution < -0.4 is 4.90 Å². The van der Waals surface area contributed by atoms with Gasteiger partial charge in [0, 0.05) is 29.5 Å². The van der Waals surface area contributed by atoms with E-state index in [-0.39, 0.29) is 0 Å². The van der Waals surface area contributed by atoms with Crippen LogP contribution >= 0.6 is 0 Å². The highest BCUT2D eigenvalue weighted by atomic mass is 15.1. The average molecular weight is 726 g/mol. The highest BCUT2D eigenvalue weighted by Gasteiger charge is 2.18. The summed E-state index contributed by atoms with van der Waals surface area (Å²) in [6.45, 7) is 0. The van der Waals surface area contributed by atoms with Crippen LogP contribution in [0, 0.1) is 11.3 Å². The standard InChI is InChI=1S/C54H35N3/c55-36-37-16-26-44(27-17-37)57(46-30-24-40(25-31-46)41-32-34-56-35-33-41)45-28-22-39(23-29-45)38-18-20-43(21-19-38)53-49-11-3-5-13-51(49)54(52-14-6-4-12-50(52)53)48-15-7-9-42-8-1-2-10-47(42)48/h1-35H. The van der Waals surface area contributed by atoms with Crippen molar-refractivity contribution in [3.63, 3.8) is 0 Å². The summed E-state index contributed by atoms with van der Waals surface area (Å²) in [6, 6.07) is 73.3. The first-order chi connectivity index (χ1) is 28.2. The summed E-state index contributed by atoms with van der Waals surface area (Å²) >= 11 is 0. The molecule has 0 fully saturated rings. The topological polar surface area (TPSA) is 39.9 Å². The molecule has 0 N–H and O–H groups in total. The number of nitrogens with zero attached hydrogens (tertiary/aromatic N) is 3. The maximum absolute atomic E-state index is 9.47. The van der Waals surface area contributed by atoms with E-state index < -0.39 is 0 Å². The van der Waals surface area contributed by atoms with Gasteiger partial charge < -0.3 is 4.90 Å². The van der Waals surface area contributed by atoms with Crippen LogP contribution in [0.25, 0.3) is 76.8 Å². The van der Waals surface area contributed by atoms with Gasteiger partial charge in [-0.3, -0.25) is 4.98 Å². The van der Waals surface area contributed by atoms with Gasteiger partial charge >= 0.3 is 0 Å². The van der Waals surface area contributed by atoms with Crippen molar-refractivity contribution < 1.29 is 0 Å². The first-order valence-electron chi connectivity index (χ1n) is 19.2. The molecule has 0 saturated heterocycles. The van der Waals surface area contributed by atoms with Gasteiger partial charge in [-0.2, -0.15) is 5.26 Å². The minimum absolute atomic E-state index is 0.632. The van der Waals surface area contributed by atoms with Crippen LogP contribution in [-0.4, -0.2) is 4.98 Å². The van der Waals surface area contributed by atoms with Crippen LogP contribution in [0.15, 0.2) is 213 Å². The normalized spacial score (nSPS) is 11.1. The summed E-state index contributed by atoms with van der Waals surface area (Å²) in [5.41, 5.74) is 13.2. The zero-order valence-electron chi connectivity index (χ0n) is 31.0. The minimum Gasteiger partial charge on any atom is -0.311 e. The maximum atomic E-state index is 9.47. The Morgan fingerprint density at radius 1 is 0.351 bits per heavy atom. The Labute approximate surface area is 332 Å². The van der Waals surface area contributed by atoms with Crippen molar-refractivity contribution in [3.8, 4) is 50.6 Å². The number of hydrogen-bond acceptors (Lipinski definition) is 3. The molecule has 3 heteroatoms. The van der Waals surface area contributed by atoms with Crippen LogP contribution in [-0.2, 0) is 0 Å². The summed E-state index contributed by atoms with van der Waals surface area (Å²) in [7, 11) is 0. The highest BCUT2D eigenvalue weighted by molar-refractivity contribution is 6.23. The van der Waals surface area contributed by atoms with Crippen molar-refractivity contribution in [3.05, 3.63) is 218 Å². The molecular weight excluding hydrogens is 691 g/mol. The van der Waals surface area contributed by atoms with E-state index in [2.05, 4.69) is 180 Å². The van der Waals surface area contributed by atoms with Gasteiger partial charge in [0.15, 0.2) is 0 Å². The molecule has 0 aliphatic rings. The Kier molecular flexibility index (Phi) is 8.56. The molecular formula is C54H35N3. The molecule has 9 aromatic carbocycles. The molecule has 3 nitrogen and oxygen atoms in total. The molecule has 0 aliphatic heterocycles. The van der Waals surface area contributed by atoms with Crippen LogP contribution in [0.2, 0.25) is 0 Å². The van der Waals surface area contributed by atoms with Gasteiger partial charge in [-0.25, -0.2) is 0 Å². The third-order valence-corrected chi connectivity index (χ3v) is 11.0. The number of hydrogen-bond donors (Lipinski definition) is 0. The largest absolute Gasteiger partial charge is 0.311 e. The molecule has 0 amide bonds. The van der Waals surface area contributed by atoms with E-state index in [0.717, 1.165) is 39.3 Å². The van der Waals surface area contributed by atoms with Crippen molar-refractivity contribution in [1.29, 1.82) is 5.26 Å². The van der Waals surface area contributed by atoms with Gasteiger partial charge in [0.25, 0.3) is 0 Å². The second-order valence-corrected chi connectivity index (χ2v) is 14.3. The lowest BCUT2D eigenvalue weighted by Crippen LogP contribution is -2.09. The van der Waals surface area contributed by atoms with Gasteiger partial charge in [-0.15, -0.1) is 0 Å². The first-order valence-corrected chi connectivity index (χ1v) is 19.2. The molecule has 10 rings (SSSR count). The first kappa shape index (κ1) is 33.7. The number of nitriles is 1. The zero-order valence-corrected chi connectivity index (χ0v) is 31.0. The fourth-order valence-electron chi connectivity index (χ4n) is 8.28. The predicted molar refractivity (Wildman–Crippen MR) is 238 cm³/mol. The fraction of sp³-hybridized carbons (Fsp3) is 0. The number of aromatic nitrogens is 1. The number of fused-ring (bicyclic) bond motifs is 3. The molecule has 0 atom stereocenters. The average Bonchev–Trinajstić information content (AvgIpc) is 3.29. The Morgan fingerprint density at radius 2 is 0.754 bits per heavy atom. The second kappa shape index (κ2) is 14.5. The molecule has 57 heavy (non-hydrogen) atoms. The quantitative estimate of drug-likeness (QED) is 0.154. The van der Waals surface area contributed by atoms with E-state index in [1.165, 1.54) is 54.6 Å². The monoisotopic (exact) mass is 725 g/mol. The third-order valence-electron chi connectivity index (χ3n) is 11.0. The summed E-state index contributed by atoms with van der Waals surface area (Å²) in [5.74, 6) is 0. The number of pyridine rings is 1. The van der Waals surface area contributed by atoms with Crippen LogP contribution in [0.5, 0.6) is 0 Å². The SMILES string of the molecule is N#Cc1ccc(N(c2ccc(-c3ccncc3)cc2)c2ccc(-c3ccc(-c4c5ccccc5c(-c5cccc6ccccc56)c5ccccc45)cc3)cc2)cc1. The van der Waals surface area contributed by atoms with E-state index in [9.17, 15) is 5.26 Å². The fourth-order valence-corrected chi connectivity index (χ4v) is 8.28. The van der Waals surface area contributed by atoms with E-state index in [4.69, 9.17) is 0 Å². The van der Waals surface area contributed by atoms with Crippen LogP contribution in [0.4, 0.5) is 17.1 Å². The van der Waals surface area contributed by atoms with Crippen molar-refractivity contribution in [1.82, 2.24) is 4.98 Å². The third kappa shape index (κ3) is 6.16. The molecule has 1 heterocycles. The number of benzene rings is 9. The van der Waals surface area contributed by atoms with E-state index >= 15 is 0 Å². The molecule has 0 spiro atoms. The van der Waals surface area contributed by atoms with E-state index in [1.54, 1.807) is 0 Å². The molecule has 0 radical (unpaired) electrons. The van der Waals surface area contributed by atoms with Crippen molar-refractivity contribution in [2.24, 2.45) is 0 Å². The van der Waals surface area contributed by atoms with Gasteiger partial charge in [0.1, 0.15) is 0 Å². The van der Waals surface area contributed by atoms with Gasteiger partial charge in [0.2, 0.25) is 0 Å². The second-order valence-electron chi connectivity index (χ2n) is 14.3. The lowest BCUT2D eigenvalue weighted by molar-refractivity contribution is 1.28. The molecule has 266 valence electrons. The van der Waals surface area contributed by atoms with Crippen molar-refractivity contribution in [2.45, 2.75) is 0 Å². The summed E-state index contributed by atoms with van der Waals surface area (Å²) in [5, 5.41) is 17.0. The number of anilines is 3. The lowest BCUT2D eigenvalue weighted by atomic mass is 9.84. The molecule has 0 bridgehead atoms. The maximum Gasteiger partial charge on any atom is 0.0991 e. The van der Waals surface area contributed by atoms with Crippen molar-refractivity contribution in [2.75, 3.05) is 4.90 Å². The Hall–Kier alpha value is -7.80. The Morgan fingerprint density at radius 3 is 1.28 bits per heavy atom. The van der Waals surface area contributed by atoms with Crippen LogP contribution in [0.1, 0.15) is 5.56 Å². The van der Waals surface area contributed by atoms with E-state index in [1.807, 2.05) is 48.8 Å². The Balaban J connectivity index is 1.02. The smallest absolute Gasteiger partial charge is 0.0991 e. The highest BCUT2D eigenvalue weighted by Crippen LogP contribution is 2.45. The number of rotatable bonds is 7. The van der Waals surface area contributed by atoms with Crippen LogP contribution in [0.3, 0.4) is 0 Å². The Bertz CT molecular complexity index is 3030. The molecule has 0 aliphatic carbocycles. The summed E-state index contributed by atoms with van der Waals surface area (Å²) in [4.78, 5) is 6.39. The lowest BCUT2D eigenvalue weighted by Gasteiger charge is -2.26. The van der Waals surface area contributed by atoms with E-state index in [0.29, 0.717) is 5.56 Å². The van der Waals surface area contributed by atoms with Crippen molar-refractivity contribution >= 4 is 49.4 Å². The van der Waals surface area contributed by atoms with Gasteiger partial charge in [-0.05, 0) is 137 Å². The molecule has 10 aromatic rings. The molecule has 1 aromatic heterocycles. The molecule has 0 saturated carbocycles. The van der Waals surface area contributed by atoms with Gasteiger partial charge in [-0.1, -0.05) is 140 Å². The minimum atomic E-state index is 0.632. The summed E-state index contributed by atoms with van der Waals surface area (Å²) < 4.78 is 0. The van der Waals surface area contributed by atoms with Gasteiger partial charge in [0.05, 0.1) is 11.6 Å². The molecule has 0 unspecified atom stereocenters. The summed E-state index contributed by atoms with van der Waals surface area (Å²) in [6.07, 6.45) is 3.63. The zero-order chi connectivity index (χ0) is 38.1.